The number of halogens is 1. The molecule has 0 saturated heterocycles. The minimum atomic E-state index is -3.84. The molecule has 7 nitrogen and oxygen atoms in total. The van der Waals surface area contributed by atoms with Gasteiger partial charge in [-0.3, -0.25) is 4.79 Å². The molecule has 9 heteroatoms. The summed E-state index contributed by atoms with van der Waals surface area (Å²) in [6.45, 7) is 4.22. The molecule has 1 atom stereocenters. The lowest BCUT2D eigenvalue weighted by molar-refractivity contribution is -0.146. The Bertz CT molecular complexity index is 991. The highest BCUT2D eigenvalue weighted by atomic mass is 35.5. The van der Waals surface area contributed by atoms with Gasteiger partial charge in [0, 0.05) is 6.42 Å². The third-order valence-electron chi connectivity index (χ3n) is 4.26. The number of fused-ring (bicyclic) bond motifs is 1. The predicted octanol–water partition coefficient (Wildman–Crippen LogP) is 3.22. The summed E-state index contributed by atoms with van der Waals surface area (Å²) in [7, 11) is -3.84. The second kappa shape index (κ2) is 9.02. The molecule has 0 aliphatic carbocycles. The van der Waals surface area contributed by atoms with E-state index in [4.69, 9.17) is 25.8 Å². The van der Waals surface area contributed by atoms with Crippen LogP contribution in [-0.2, 0) is 26.2 Å². The van der Waals surface area contributed by atoms with Crippen LogP contribution >= 0.6 is 11.6 Å². The molecule has 156 valence electrons. The van der Waals surface area contributed by atoms with E-state index in [2.05, 4.69) is 4.72 Å². The predicted molar refractivity (Wildman–Crippen MR) is 108 cm³/mol. The molecule has 1 aliphatic rings. The van der Waals surface area contributed by atoms with Crippen molar-refractivity contribution >= 4 is 27.6 Å². The average molecular weight is 440 g/mol. The molecule has 2 aromatic carbocycles. The van der Waals surface area contributed by atoms with Crippen LogP contribution in [0.3, 0.4) is 0 Å². The molecule has 1 N–H and O–H groups in total. The molecule has 2 aromatic rings. The Hall–Kier alpha value is -2.29. The first-order chi connectivity index (χ1) is 13.8. The van der Waals surface area contributed by atoms with Crippen LogP contribution in [-0.4, -0.2) is 33.6 Å². The van der Waals surface area contributed by atoms with Crippen LogP contribution in [0.1, 0.15) is 24.5 Å². The zero-order valence-corrected chi connectivity index (χ0v) is 17.7. The molecule has 0 aromatic heterocycles. The monoisotopic (exact) mass is 439 g/mol. The highest BCUT2D eigenvalue weighted by molar-refractivity contribution is 7.89. The van der Waals surface area contributed by atoms with Crippen LogP contribution in [0.5, 0.6) is 11.5 Å². The molecule has 29 heavy (non-hydrogen) atoms. The van der Waals surface area contributed by atoms with E-state index >= 15 is 0 Å². The van der Waals surface area contributed by atoms with Crippen molar-refractivity contribution in [2.45, 2.75) is 37.8 Å². The maximum absolute atomic E-state index is 12.4. The number of aryl methyl sites for hydroxylation is 1. The molecule has 0 bridgehead atoms. The number of nitrogens with one attached hydrogen (secondary N) is 1. The van der Waals surface area contributed by atoms with Crippen LogP contribution in [0, 0.1) is 6.92 Å². The van der Waals surface area contributed by atoms with E-state index in [-0.39, 0.29) is 11.5 Å². The van der Waals surface area contributed by atoms with Gasteiger partial charge in [-0.25, -0.2) is 8.42 Å². The van der Waals surface area contributed by atoms with Gasteiger partial charge in [-0.1, -0.05) is 29.3 Å². The number of esters is 1. The van der Waals surface area contributed by atoms with Gasteiger partial charge in [-0.05, 0) is 43.7 Å². The number of rotatable bonds is 6. The van der Waals surface area contributed by atoms with Gasteiger partial charge in [0.1, 0.15) is 12.6 Å². The zero-order valence-electron chi connectivity index (χ0n) is 16.1. The molecule has 0 radical (unpaired) electrons. The molecule has 0 fully saturated rings. The van der Waals surface area contributed by atoms with Crippen molar-refractivity contribution in [3.05, 3.63) is 52.5 Å². The van der Waals surface area contributed by atoms with E-state index in [0.717, 1.165) is 12.0 Å². The van der Waals surface area contributed by atoms with E-state index in [9.17, 15) is 13.2 Å². The Labute approximate surface area is 175 Å². The highest BCUT2D eigenvalue weighted by Crippen LogP contribution is 2.38. The third kappa shape index (κ3) is 5.41. The molecule has 0 unspecified atom stereocenters. The van der Waals surface area contributed by atoms with E-state index in [0.29, 0.717) is 35.3 Å². The van der Waals surface area contributed by atoms with Crippen molar-refractivity contribution in [3.63, 3.8) is 0 Å². The average Bonchev–Trinajstić information content (AvgIpc) is 2.92. The SMILES string of the molecule is Cc1ccc(S(=O)(=O)N[C@H](C)C(=O)OCc2cc(Cl)c3c(c2)OCCCO3)cc1. The number of hydrogen-bond acceptors (Lipinski definition) is 6. The normalized spacial score (nSPS) is 14.7. The number of carbonyl (C=O) groups excluding carboxylic acids is 1. The van der Waals surface area contributed by atoms with E-state index < -0.39 is 22.0 Å². The quantitative estimate of drug-likeness (QED) is 0.695. The van der Waals surface area contributed by atoms with Crippen molar-refractivity contribution in [1.29, 1.82) is 0 Å². The fourth-order valence-corrected chi connectivity index (χ4v) is 4.19. The first kappa shape index (κ1) is 21.4. The van der Waals surface area contributed by atoms with Crippen LogP contribution < -0.4 is 14.2 Å². The fourth-order valence-electron chi connectivity index (χ4n) is 2.71. The lowest BCUT2D eigenvalue weighted by Gasteiger charge is -2.15. The maximum Gasteiger partial charge on any atom is 0.324 e. The molecule has 0 spiro atoms. The van der Waals surface area contributed by atoms with E-state index in [1.165, 1.54) is 19.1 Å². The largest absolute Gasteiger partial charge is 0.489 e. The Kier molecular flexibility index (Phi) is 6.66. The van der Waals surface area contributed by atoms with Gasteiger partial charge in [0.15, 0.2) is 11.5 Å². The maximum atomic E-state index is 12.4. The summed E-state index contributed by atoms with van der Waals surface area (Å²) in [6, 6.07) is 8.60. The Morgan fingerprint density at radius 2 is 1.90 bits per heavy atom. The lowest BCUT2D eigenvalue weighted by atomic mass is 10.2. The van der Waals surface area contributed by atoms with Gasteiger partial charge in [0.05, 0.1) is 23.1 Å². The van der Waals surface area contributed by atoms with Crippen LogP contribution in [0.4, 0.5) is 0 Å². The zero-order chi connectivity index (χ0) is 21.0. The summed E-state index contributed by atoms with van der Waals surface area (Å²) in [6.07, 6.45) is 0.744. The van der Waals surface area contributed by atoms with Gasteiger partial charge in [0.2, 0.25) is 10.0 Å². The smallest absolute Gasteiger partial charge is 0.324 e. The molecule has 0 saturated carbocycles. The summed E-state index contributed by atoms with van der Waals surface area (Å²) in [5.41, 5.74) is 1.55. The molecule has 0 amide bonds. The number of carbonyl (C=O) groups is 1. The van der Waals surface area contributed by atoms with Crippen LogP contribution in [0.25, 0.3) is 0 Å². The molecule has 1 aliphatic heterocycles. The van der Waals surface area contributed by atoms with Gasteiger partial charge in [-0.15, -0.1) is 0 Å². The summed E-state index contributed by atoms with van der Waals surface area (Å²) >= 11 is 6.23. The third-order valence-corrected chi connectivity index (χ3v) is 6.10. The number of ether oxygens (including phenoxy) is 3. The Balaban J connectivity index is 1.62. The van der Waals surface area contributed by atoms with Crippen molar-refractivity contribution in [2.75, 3.05) is 13.2 Å². The highest BCUT2D eigenvalue weighted by Gasteiger charge is 2.23. The molecular formula is C20H22ClNO6S. The summed E-state index contributed by atoms with van der Waals surface area (Å²) < 4.78 is 43.5. The number of hydrogen-bond donors (Lipinski definition) is 1. The molecular weight excluding hydrogens is 418 g/mol. The van der Waals surface area contributed by atoms with E-state index in [1.54, 1.807) is 24.3 Å². The second-order valence-electron chi connectivity index (χ2n) is 6.72. The molecule has 3 rings (SSSR count). The Morgan fingerprint density at radius 3 is 2.62 bits per heavy atom. The fraction of sp³-hybridized carbons (Fsp3) is 0.350. The van der Waals surface area contributed by atoms with Gasteiger partial charge >= 0.3 is 5.97 Å². The standard InChI is InChI=1S/C20H22ClNO6S/c1-13-4-6-16(7-5-13)29(24,25)22-14(2)20(23)28-12-15-10-17(21)19-18(11-15)26-8-3-9-27-19/h4-7,10-11,14,22H,3,8-9,12H2,1-2H3/t14-/m1/s1. The molecule has 1 heterocycles. The summed E-state index contributed by atoms with van der Waals surface area (Å²) in [5.74, 6) is 0.261. The van der Waals surface area contributed by atoms with Crippen molar-refractivity contribution in [1.82, 2.24) is 4.72 Å². The number of benzene rings is 2. The summed E-state index contributed by atoms with van der Waals surface area (Å²) in [4.78, 5) is 12.4. The van der Waals surface area contributed by atoms with Crippen molar-refractivity contribution in [2.24, 2.45) is 0 Å². The lowest BCUT2D eigenvalue weighted by Crippen LogP contribution is -2.39. The summed E-state index contributed by atoms with van der Waals surface area (Å²) in [5, 5.41) is 0.364. The minimum Gasteiger partial charge on any atom is -0.489 e. The topological polar surface area (TPSA) is 90.9 Å². The Morgan fingerprint density at radius 1 is 1.21 bits per heavy atom. The van der Waals surface area contributed by atoms with Gasteiger partial charge in [-0.2, -0.15) is 4.72 Å². The van der Waals surface area contributed by atoms with Crippen molar-refractivity contribution in [3.8, 4) is 11.5 Å². The van der Waals surface area contributed by atoms with Gasteiger partial charge in [0.25, 0.3) is 0 Å². The number of sulfonamides is 1. The van der Waals surface area contributed by atoms with Gasteiger partial charge < -0.3 is 14.2 Å². The van der Waals surface area contributed by atoms with Crippen molar-refractivity contribution < 1.29 is 27.4 Å². The first-order valence-corrected chi connectivity index (χ1v) is 11.0. The van der Waals surface area contributed by atoms with Crippen LogP contribution in [0.2, 0.25) is 5.02 Å². The minimum absolute atomic E-state index is 0.0776. The van der Waals surface area contributed by atoms with Crippen LogP contribution in [0.15, 0.2) is 41.3 Å². The van der Waals surface area contributed by atoms with E-state index in [1.807, 2.05) is 6.92 Å². The first-order valence-electron chi connectivity index (χ1n) is 9.10. The second-order valence-corrected chi connectivity index (χ2v) is 8.84.